The number of ether oxygens (including phenoxy) is 1. The number of piperidine rings is 2. The fourth-order valence-electron chi connectivity index (χ4n) is 3.74. The van der Waals surface area contributed by atoms with E-state index in [9.17, 15) is 9.59 Å². The molecular weight excluding hydrogens is 280 g/mol. The summed E-state index contributed by atoms with van der Waals surface area (Å²) in [5.41, 5.74) is -0.472. The van der Waals surface area contributed by atoms with Crippen molar-refractivity contribution in [1.82, 2.24) is 9.80 Å². The third-order valence-corrected chi connectivity index (χ3v) is 4.77. The summed E-state index contributed by atoms with van der Waals surface area (Å²) in [7, 11) is 1.83. The molecule has 0 N–H and O–H groups in total. The molecule has 0 aromatic rings. The molecule has 0 aromatic heterocycles. The van der Waals surface area contributed by atoms with Gasteiger partial charge in [-0.15, -0.1) is 0 Å². The van der Waals surface area contributed by atoms with Crippen LogP contribution in [0.4, 0.5) is 4.79 Å². The second-order valence-corrected chi connectivity index (χ2v) is 7.61. The zero-order valence-electron chi connectivity index (χ0n) is 14.6. The predicted octanol–water partition coefficient (Wildman–Crippen LogP) is 3.18. The van der Waals surface area contributed by atoms with E-state index in [0.717, 1.165) is 25.7 Å². The van der Waals surface area contributed by atoms with Crippen LogP contribution in [0.3, 0.4) is 0 Å². The summed E-state index contributed by atoms with van der Waals surface area (Å²) < 4.78 is 5.48. The van der Waals surface area contributed by atoms with Gasteiger partial charge in [-0.25, -0.2) is 4.79 Å². The molecule has 2 amide bonds. The van der Waals surface area contributed by atoms with Gasteiger partial charge >= 0.3 is 6.09 Å². The molecule has 2 aliphatic rings. The minimum absolute atomic E-state index is 0.172. The molecule has 5 heteroatoms. The van der Waals surface area contributed by atoms with Crippen LogP contribution >= 0.6 is 0 Å². The number of carbonyl (C=O) groups is 2. The number of fused-ring (bicyclic) bond motifs is 2. The molecule has 2 heterocycles. The van der Waals surface area contributed by atoms with Gasteiger partial charge in [0.1, 0.15) is 5.60 Å². The highest BCUT2D eigenvalue weighted by atomic mass is 16.6. The van der Waals surface area contributed by atoms with Crippen molar-refractivity contribution in [2.24, 2.45) is 0 Å². The lowest BCUT2D eigenvalue weighted by molar-refractivity contribution is -0.142. The molecule has 126 valence electrons. The number of carbonyl (C=O) groups excluding carboxylic acids is 2. The molecule has 0 spiro atoms. The molecule has 2 rings (SSSR count). The molecule has 2 aliphatic heterocycles. The molecule has 0 aliphatic carbocycles. The van der Waals surface area contributed by atoms with Crippen molar-refractivity contribution >= 4 is 12.0 Å². The highest BCUT2D eigenvalue weighted by Gasteiger charge is 2.42. The Hall–Kier alpha value is -1.26. The zero-order chi connectivity index (χ0) is 16.5. The number of hydrogen-bond acceptors (Lipinski definition) is 3. The van der Waals surface area contributed by atoms with E-state index in [0.29, 0.717) is 6.42 Å². The van der Waals surface area contributed by atoms with Gasteiger partial charge in [0, 0.05) is 31.6 Å². The number of amides is 2. The van der Waals surface area contributed by atoms with Crippen LogP contribution in [-0.2, 0) is 9.53 Å². The summed E-state index contributed by atoms with van der Waals surface area (Å²) in [6.45, 7) is 7.58. The Balaban J connectivity index is 2.04. The molecule has 0 aromatic carbocycles. The van der Waals surface area contributed by atoms with E-state index < -0.39 is 5.60 Å². The van der Waals surface area contributed by atoms with Crippen LogP contribution in [0.2, 0.25) is 0 Å². The molecule has 2 saturated heterocycles. The molecule has 0 saturated carbocycles. The first-order valence-electron chi connectivity index (χ1n) is 8.50. The predicted molar refractivity (Wildman–Crippen MR) is 85.6 cm³/mol. The lowest BCUT2D eigenvalue weighted by Gasteiger charge is -2.50. The van der Waals surface area contributed by atoms with E-state index in [1.165, 1.54) is 6.42 Å². The first-order valence-corrected chi connectivity index (χ1v) is 8.50. The lowest BCUT2D eigenvalue weighted by Crippen LogP contribution is -2.59. The van der Waals surface area contributed by atoms with E-state index >= 15 is 0 Å². The topological polar surface area (TPSA) is 49.9 Å². The van der Waals surface area contributed by atoms with Gasteiger partial charge < -0.3 is 14.5 Å². The molecule has 2 fully saturated rings. The van der Waals surface area contributed by atoms with E-state index in [2.05, 4.69) is 4.90 Å². The smallest absolute Gasteiger partial charge is 0.410 e. The summed E-state index contributed by atoms with van der Waals surface area (Å²) in [6, 6.07) is 0.746. The fraction of sp³-hybridized carbons (Fsp3) is 0.882. The molecule has 1 unspecified atom stereocenters. The average molecular weight is 310 g/mol. The van der Waals surface area contributed by atoms with Gasteiger partial charge in [-0.1, -0.05) is 6.92 Å². The number of hydrogen-bond donors (Lipinski definition) is 0. The minimum atomic E-state index is -0.472. The van der Waals surface area contributed by atoms with Gasteiger partial charge in [-0.3, -0.25) is 4.79 Å². The van der Waals surface area contributed by atoms with Crippen molar-refractivity contribution in [3.8, 4) is 0 Å². The second-order valence-electron chi connectivity index (χ2n) is 7.61. The SMILES string of the molecule is CCC(=O)N1[C@@H]2CCC[C@H]1CC(N(C)C(=O)OC(C)(C)C)C2. The van der Waals surface area contributed by atoms with Crippen LogP contribution in [0.15, 0.2) is 0 Å². The van der Waals surface area contributed by atoms with Crippen LogP contribution in [0.5, 0.6) is 0 Å². The fourth-order valence-corrected chi connectivity index (χ4v) is 3.74. The quantitative estimate of drug-likeness (QED) is 0.787. The first-order chi connectivity index (χ1) is 10.2. The minimum Gasteiger partial charge on any atom is -0.444 e. The van der Waals surface area contributed by atoms with E-state index in [1.54, 1.807) is 4.90 Å². The van der Waals surface area contributed by atoms with Gasteiger partial charge in [-0.2, -0.15) is 0 Å². The molecule has 3 atom stereocenters. The summed E-state index contributed by atoms with van der Waals surface area (Å²) in [4.78, 5) is 28.3. The average Bonchev–Trinajstić information content (AvgIpc) is 2.42. The molecule has 5 nitrogen and oxygen atoms in total. The standard InChI is InChI=1S/C17H30N2O3/c1-6-15(20)19-12-8-7-9-13(19)11-14(10-12)18(5)16(21)22-17(2,3)4/h12-14H,6-11H2,1-5H3/t12-,13+,14?. The monoisotopic (exact) mass is 310 g/mol. The lowest BCUT2D eigenvalue weighted by atomic mass is 9.81. The Kier molecular flexibility index (Phi) is 5.03. The van der Waals surface area contributed by atoms with Crippen LogP contribution < -0.4 is 0 Å². The third kappa shape index (κ3) is 3.73. The molecule has 2 bridgehead atoms. The third-order valence-electron chi connectivity index (χ3n) is 4.77. The summed E-state index contributed by atoms with van der Waals surface area (Å²) in [5.74, 6) is 0.257. The van der Waals surface area contributed by atoms with E-state index in [-0.39, 0.29) is 30.1 Å². The highest BCUT2D eigenvalue weighted by molar-refractivity contribution is 5.77. The van der Waals surface area contributed by atoms with Crippen molar-refractivity contribution < 1.29 is 14.3 Å². The van der Waals surface area contributed by atoms with Crippen molar-refractivity contribution in [3.63, 3.8) is 0 Å². The van der Waals surface area contributed by atoms with Gasteiger partial charge in [0.25, 0.3) is 0 Å². The summed E-state index contributed by atoms with van der Waals surface area (Å²) >= 11 is 0. The molecule has 22 heavy (non-hydrogen) atoms. The number of nitrogens with zero attached hydrogens (tertiary/aromatic N) is 2. The Morgan fingerprint density at radius 2 is 1.73 bits per heavy atom. The molecule has 0 radical (unpaired) electrons. The van der Waals surface area contributed by atoms with Crippen molar-refractivity contribution in [2.45, 2.75) is 89.9 Å². The normalized spacial score (nSPS) is 28.2. The van der Waals surface area contributed by atoms with Gasteiger partial charge in [0.05, 0.1) is 0 Å². The van der Waals surface area contributed by atoms with Crippen molar-refractivity contribution in [3.05, 3.63) is 0 Å². The van der Waals surface area contributed by atoms with Crippen LogP contribution in [0.25, 0.3) is 0 Å². The van der Waals surface area contributed by atoms with Crippen molar-refractivity contribution in [2.75, 3.05) is 7.05 Å². The maximum absolute atomic E-state index is 12.3. The Morgan fingerprint density at radius 1 is 1.18 bits per heavy atom. The van der Waals surface area contributed by atoms with Gasteiger partial charge in [0.2, 0.25) is 5.91 Å². The Morgan fingerprint density at radius 3 is 2.18 bits per heavy atom. The van der Waals surface area contributed by atoms with E-state index in [1.807, 2.05) is 34.7 Å². The largest absolute Gasteiger partial charge is 0.444 e. The summed E-state index contributed by atoms with van der Waals surface area (Å²) in [5, 5.41) is 0. The highest BCUT2D eigenvalue weighted by Crippen LogP contribution is 2.36. The van der Waals surface area contributed by atoms with Gasteiger partial charge in [-0.05, 0) is 52.9 Å². The van der Waals surface area contributed by atoms with Gasteiger partial charge in [0.15, 0.2) is 0 Å². The van der Waals surface area contributed by atoms with Crippen LogP contribution in [-0.4, -0.2) is 52.6 Å². The number of rotatable bonds is 2. The van der Waals surface area contributed by atoms with Crippen LogP contribution in [0, 0.1) is 0 Å². The zero-order valence-corrected chi connectivity index (χ0v) is 14.6. The van der Waals surface area contributed by atoms with Crippen LogP contribution in [0.1, 0.15) is 66.2 Å². The van der Waals surface area contributed by atoms with Crippen molar-refractivity contribution in [1.29, 1.82) is 0 Å². The first kappa shape index (κ1) is 17.1. The second kappa shape index (κ2) is 6.47. The maximum atomic E-state index is 12.3. The molecular formula is C17H30N2O3. The van der Waals surface area contributed by atoms with E-state index in [4.69, 9.17) is 4.74 Å². The maximum Gasteiger partial charge on any atom is 0.410 e. The Bertz CT molecular complexity index is 416. The Labute approximate surface area is 134 Å². The summed E-state index contributed by atoms with van der Waals surface area (Å²) in [6.07, 6.45) is 5.36.